The van der Waals surface area contributed by atoms with Gasteiger partial charge in [0.05, 0.1) is 6.61 Å². The van der Waals surface area contributed by atoms with Gasteiger partial charge in [-0.15, -0.1) is 0 Å². The molecule has 6 nitrogen and oxygen atoms in total. The van der Waals surface area contributed by atoms with Gasteiger partial charge < -0.3 is 9.47 Å². The van der Waals surface area contributed by atoms with Crippen molar-refractivity contribution in [3.8, 4) is 11.5 Å². The maximum atomic E-state index is 12.0. The molecule has 2 aromatic rings. The highest BCUT2D eigenvalue weighted by atomic mass is 16.5. The molecule has 0 heterocycles. The fraction of sp³-hybridized carbons (Fsp3) is 0.263. The van der Waals surface area contributed by atoms with Crippen LogP contribution in [0.15, 0.2) is 48.5 Å². The summed E-state index contributed by atoms with van der Waals surface area (Å²) < 4.78 is 10.8. The molecule has 25 heavy (non-hydrogen) atoms. The molecule has 0 radical (unpaired) electrons. The second-order valence-corrected chi connectivity index (χ2v) is 5.47. The number of aryl methyl sites for hydroxylation is 1. The van der Waals surface area contributed by atoms with Gasteiger partial charge in [0.1, 0.15) is 11.5 Å². The van der Waals surface area contributed by atoms with Gasteiger partial charge in [-0.3, -0.25) is 20.4 Å². The largest absolute Gasteiger partial charge is 0.494 e. The van der Waals surface area contributed by atoms with Crippen LogP contribution in [0, 0.1) is 6.92 Å². The zero-order valence-corrected chi connectivity index (χ0v) is 14.5. The predicted octanol–water partition coefficient (Wildman–Crippen LogP) is 2.62. The van der Waals surface area contributed by atoms with E-state index in [0.717, 1.165) is 5.56 Å². The lowest BCUT2D eigenvalue weighted by molar-refractivity contribution is -0.128. The number of hydrazine groups is 1. The van der Waals surface area contributed by atoms with Gasteiger partial charge in [0, 0.05) is 5.56 Å². The number of ether oxygens (including phenoxy) is 2. The summed E-state index contributed by atoms with van der Waals surface area (Å²) in [5.74, 6) is 0.410. The lowest BCUT2D eigenvalue weighted by atomic mass is 10.2. The molecule has 0 bridgehead atoms. The first-order valence-electron chi connectivity index (χ1n) is 8.06. The third-order valence-corrected chi connectivity index (χ3v) is 3.43. The Morgan fingerprint density at radius 1 is 0.960 bits per heavy atom. The van der Waals surface area contributed by atoms with Crippen LogP contribution < -0.4 is 20.3 Å². The fourth-order valence-corrected chi connectivity index (χ4v) is 2.04. The van der Waals surface area contributed by atoms with Crippen molar-refractivity contribution in [1.29, 1.82) is 0 Å². The van der Waals surface area contributed by atoms with Crippen LogP contribution in [0.2, 0.25) is 0 Å². The second kappa shape index (κ2) is 8.73. The van der Waals surface area contributed by atoms with Crippen molar-refractivity contribution < 1.29 is 19.1 Å². The first-order chi connectivity index (χ1) is 12.0. The highest BCUT2D eigenvalue weighted by molar-refractivity contribution is 5.95. The minimum absolute atomic E-state index is 0.413. The van der Waals surface area contributed by atoms with Crippen molar-refractivity contribution in [3.63, 3.8) is 0 Å². The van der Waals surface area contributed by atoms with Gasteiger partial charge in [0.25, 0.3) is 11.8 Å². The Bertz CT molecular complexity index is 711. The summed E-state index contributed by atoms with van der Waals surface area (Å²) >= 11 is 0. The summed E-state index contributed by atoms with van der Waals surface area (Å²) in [4.78, 5) is 24.0. The van der Waals surface area contributed by atoms with Gasteiger partial charge in [-0.1, -0.05) is 17.7 Å². The molecule has 1 unspecified atom stereocenters. The summed E-state index contributed by atoms with van der Waals surface area (Å²) in [5, 5.41) is 0. The van der Waals surface area contributed by atoms with Gasteiger partial charge in [-0.2, -0.15) is 0 Å². The average molecular weight is 342 g/mol. The number of carbonyl (C=O) groups excluding carboxylic acids is 2. The molecule has 0 saturated carbocycles. The molecule has 0 aliphatic rings. The van der Waals surface area contributed by atoms with Crippen LogP contribution in [-0.2, 0) is 4.79 Å². The van der Waals surface area contributed by atoms with Crippen LogP contribution in [0.3, 0.4) is 0 Å². The van der Waals surface area contributed by atoms with E-state index in [9.17, 15) is 9.59 Å². The topological polar surface area (TPSA) is 76.7 Å². The van der Waals surface area contributed by atoms with Crippen molar-refractivity contribution in [2.24, 2.45) is 0 Å². The molecule has 2 aromatic carbocycles. The van der Waals surface area contributed by atoms with E-state index in [-0.39, 0.29) is 0 Å². The normalized spacial score (nSPS) is 11.3. The van der Waals surface area contributed by atoms with E-state index in [1.54, 1.807) is 43.3 Å². The van der Waals surface area contributed by atoms with Crippen molar-refractivity contribution in [2.75, 3.05) is 6.61 Å². The van der Waals surface area contributed by atoms with Crippen LogP contribution in [0.4, 0.5) is 0 Å². The number of benzene rings is 2. The SMILES string of the molecule is CCOc1ccc(C(=O)NNC(=O)C(C)Oc2ccc(C)cc2)cc1. The number of nitrogens with one attached hydrogen (secondary N) is 2. The third kappa shape index (κ3) is 5.53. The smallest absolute Gasteiger partial charge is 0.279 e. The number of carbonyl (C=O) groups is 2. The first-order valence-corrected chi connectivity index (χ1v) is 8.06. The standard InChI is InChI=1S/C19H22N2O4/c1-4-24-16-11-7-15(8-12-16)19(23)21-20-18(22)14(3)25-17-9-5-13(2)6-10-17/h5-12,14H,4H2,1-3H3,(H,20,22)(H,21,23). The molecule has 0 aliphatic carbocycles. The molecule has 132 valence electrons. The average Bonchev–Trinajstić information content (AvgIpc) is 2.62. The van der Waals surface area contributed by atoms with Crippen LogP contribution in [0.1, 0.15) is 29.8 Å². The van der Waals surface area contributed by atoms with Crippen LogP contribution in [0.5, 0.6) is 11.5 Å². The Morgan fingerprint density at radius 2 is 1.56 bits per heavy atom. The summed E-state index contributed by atoms with van der Waals surface area (Å²) in [5.41, 5.74) is 6.24. The number of amides is 2. The van der Waals surface area contributed by atoms with Crippen molar-refractivity contribution in [2.45, 2.75) is 26.9 Å². The molecular weight excluding hydrogens is 320 g/mol. The van der Waals surface area contributed by atoms with Crippen molar-refractivity contribution in [3.05, 3.63) is 59.7 Å². The van der Waals surface area contributed by atoms with Crippen molar-refractivity contribution >= 4 is 11.8 Å². The Kier molecular flexibility index (Phi) is 6.39. The lowest BCUT2D eigenvalue weighted by Crippen LogP contribution is -2.47. The number of rotatable bonds is 6. The predicted molar refractivity (Wildman–Crippen MR) is 94.5 cm³/mol. The molecule has 2 N–H and O–H groups in total. The Hall–Kier alpha value is -3.02. The van der Waals surface area contributed by atoms with E-state index < -0.39 is 17.9 Å². The quantitative estimate of drug-likeness (QED) is 0.791. The minimum atomic E-state index is -0.747. The summed E-state index contributed by atoms with van der Waals surface area (Å²) in [7, 11) is 0. The van der Waals surface area contributed by atoms with Crippen LogP contribution >= 0.6 is 0 Å². The maximum Gasteiger partial charge on any atom is 0.279 e. The van der Waals surface area contributed by atoms with Gasteiger partial charge in [0.2, 0.25) is 0 Å². The van der Waals surface area contributed by atoms with E-state index in [1.807, 2.05) is 26.0 Å². The van der Waals surface area contributed by atoms with Gasteiger partial charge in [-0.05, 0) is 57.2 Å². The number of hydrogen-bond acceptors (Lipinski definition) is 4. The number of hydrogen-bond donors (Lipinski definition) is 2. The first kappa shape index (κ1) is 18.3. The van der Waals surface area contributed by atoms with Gasteiger partial charge in [0.15, 0.2) is 6.10 Å². The highest BCUT2D eigenvalue weighted by Crippen LogP contribution is 2.13. The molecule has 0 aromatic heterocycles. The Balaban J connectivity index is 1.83. The monoisotopic (exact) mass is 342 g/mol. The van der Waals surface area contributed by atoms with E-state index in [4.69, 9.17) is 9.47 Å². The Labute approximate surface area is 147 Å². The summed E-state index contributed by atoms with van der Waals surface area (Å²) in [6, 6.07) is 14.0. The highest BCUT2D eigenvalue weighted by Gasteiger charge is 2.16. The van der Waals surface area contributed by atoms with E-state index in [1.165, 1.54) is 0 Å². The molecule has 6 heteroatoms. The zero-order valence-electron chi connectivity index (χ0n) is 14.5. The molecule has 2 rings (SSSR count). The molecule has 1 atom stereocenters. The van der Waals surface area contributed by atoms with Gasteiger partial charge in [-0.25, -0.2) is 0 Å². The minimum Gasteiger partial charge on any atom is -0.494 e. The summed E-state index contributed by atoms with van der Waals surface area (Å²) in [6.45, 7) is 6.02. The van der Waals surface area contributed by atoms with E-state index in [0.29, 0.717) is 23.7 Å². The summed E-state index contributed by atoms with van der Waals surface area (Å²) in [6.07, 6.45) is -0.747. The van der Waals surface area contributed by atoms with E-state index >= 15 is 0 Å². The molecule has 0 spiro atoms. The second-order valence-electron chi connectivity index (χ2n) is 5.47. The van der Waals surface area contributed by atoms with Crippen molar-refractivity contribution in [1.82, 2.24) is 10.9 Å². The lowest BCUT2D eigenvalue weighted by Gasteiger charge is -2.15. The third-order valence-electron chi connectivity index (χ3n) is 3.43. The molecule has 0 fully saturated rings. The Morgan fingerprint density at radius 3 is 2.16 bits per heavy atom. The molecule has 0 aliphatic heterocycles. The van der Waals surface area contributed by atoms with Gasteiger partial charge >= 0.3 is 0 Å². The molecule has 0 saturated heterocycles. The van der Waals surface area contributed by atoms with Crippen LogP contribution in [-0.4, -0.2) is 24.5 Å². The molecular formula is C19H22N2O4. The maximum absolute atomic E-state index is 12.0. The van der Waals surface area contributed by atoms with E-state index in [2.05, 4.69) is 10.9 Å². The molecule has 2 amide bonds. The van der Waals surface area contributed by atoms with Crippen LogP contribution in [0.25, 0.3) is 0 Å². The zero-order chi connectivity index (χ0) is 18.2. The fourth-order valence-electron chi connectivity index (χ4n) is 2.04.